The summed E-state index contributed by atoms with van der Waals surface area (Å²) < 4.78 is 0. The van der Waals surface area contributed by atoms with Crippen molar-refractivity contribution in [1.29, 1.82) is 0 Å². The lowest BCUT2D eigenvalue weighted by molar-refractivity contribution is 0.156. The van der Waals surface area contributed by atoms with Crippen LogP contribution in [0.15, 0.2) is 0 Å². The first-order valence-electron chi connectivity index (χ1n) is 6.94. The van der Waals surface area contributed by atoms with Crippen LogP contribution in [0.5, 0.6) is 0 Å². The smallest absolute Gasteiger partial charge is 0.00669 e. The van der Waals surface area contributed by atoms with Crippen LogP contribution in [0.2, 0.25) is 0 Å². The molecule has 1 rings (SSSR count). The Hall–Kier alpha value is -0.0400. The normalized spacial score (nSPS) is 22.4. The third-order valence-electron chi connectivity index (χ3n) is 3.17. The van der Waals surface area contributed by atoms with Crippen molar-refractivity contribution in [1.82, 2.24) is 4.90 Å². The monoisotopic (exact) mass is 213 g/mol. The summed E-state index contributed by atoms with van der Waals surface area (Å²) in [5.74, 6) is 0.875. The van der Waals surface area contributed by atoms with Crippen molar-refractivity contribution >= 4 is 0 Å². The molecule has 1 heterocycles. The molecule has 1 nitrogen and oxygen atoms in total. The van der Waals surface area contributed by atoms with Crippen LogP contribution >= 0.6 is 0 Å². The topological polar surface area (TPSA) is 3.24 Å². The number of nitrogens with zero attached hydrogens (tertiary/aromatic N) is 1. The Labute approximate surface area is 97.2 Å². The molecule has 0 N–H and O–H groups in total. The fraction of sp³-hybridized carbons (Fsp3) is 1.00. The Morgan fingerprint density at radius 3 is 2.40 bits per heavy atom. The van der Waals surface area contributed by atoms with E-state index in [1.807, 2.05) is 13.8 Å². The van der Waals surface area contributed by atoms with Gasteiger partial charge in [0.1, 0.15) is 0 Å². The maximum Gasteiger partial charge on any atom is 0.00669 e. The molecule has 0 spiro atoms. The van der Waals surface area contributed by atoms with Crippen molar-refractivity contribution < 1.29 is 0 Å². The maximum absolute atomic E-state index is 2.67. The van der Waals surface area contributed by atoms with Crippen LogP contribution in [0.4, 0.5) is 0 Å². The van der Waals surface area contributed by atoms with Gasteiger partial charge in [0.2, 0.25) is 0 Å². The number of hydrogen-bond donors (Lipinski definition) is 0. The molecule has 0 aromatic carbocycles. The van der Waals surface area contributed by atoms with Gasteiger partial charge < -0.3 is 4.90 Å². The van der Waals surface area contributed by atoms with E-state index in [9.17, 15) is 0 Å². The summed E-state index contributed by atoms with van der Waals surface area (Å²) in [6, 6.07) is 0.848. The molecule has 0 bridgehead atoms. The largest absolute Gasteiger partial charge is 0.301 e. The minimum Gasteiger partial charge on any atom is -0.301 e. The van der Waals surface area contributed by atoms with E-state index >= 15 is 0 Å². The summed E-state index contributed by atoms with van der Waals surface area (Å²) >= 11 is 0. The molecule has 92 valence electrons. The SMILES string of the molecule is CC.CC(C)CCCN1CCCCC1C. The molecule has 1 atom stereocenters. The Kier molecular flexibility index (Phi) is 9.18. The van der Waals surface area contributed by atoms with Crippen LogP contribution < -0.4 is 0 Å². The van der Waals surface area contributed by atoms with Crippen LogP contribution in [0, 0.1) is 5.92 Å². The summed E-state index contributed by atoms with van der Waals surface area (Å²) in [6.07, 6.45) is 7.07. The lowest BCUT2D eigenvalue weighted by Gasteiger charge is -2.33. The molecule has 1 heteroatoms. The van der Waals surface area contributed by atoms with Crippen molar-refractivity contribution in [3.8, 4) is 0 Å². The van der Waals surface area contributed by atoms with Crippen LogP contribution in [-0.2, 0) is 0 Å². The molecule has 0 amide bonds. The van der Waals surface area contributed by atoms with Gasteiger partial charge >= 0.3 is 0 Å². The highest BCUT2D eigenvalue weighted by atomic mass is 15.1. The van der Waals surface area contributed by atoms with Crippen molar-refractivity contribution in [2.24, 2.45) is 5.92 Å². The second-order valence-electron chi connectivity index (χ2n) is 4.92. The Bertz CT molecular complexity index is 131. The fourth-order valence-electron chi connectivity index (χ4n) is 2.19. The molecule has 0 aliphatic carbocycles. The average Bonchev–Trinajstić information content (AvgIpc) is 2.23. The molecule has 0 aromatic rings. The van der Waals surface area contributed by atoms with Crippen molar-refractivity contribution in [2.45, 2.75) is 72.8 Å². The number of likely N-dealkylation sites (tertiary alicyclic amines) is 1. The van der Waals surface area contributed by atoms with Crippen LogP contribution in [-0.4, -0.2) is 24.0 Å². The van der Waals surface area contributed by atoms with E-state index in [-0.39, 0.29) is 0 Å². The zero-order chi connectivity index (χ0) is 11.7. The Balaban J connectivity index is 0.000000921. The average molecular weight is 213 g/mol. The first kappa shape index (κ1) is 15.0. The summed E-state index contributed by atoms with van der Waals surface area (Å²) in [6.45, 7) is 13.7. The van der Waals surface area contributed by atoms with E-state index < -0.39 is 0 Å². The van der Waals surface area contributed by atoms with Gasteiger partial charge in [-0.1, -0.05) is 34.1 Å². The van der Waals surface area contributed by atoms with E-state index in [2.05, 4.69) is 25.7 Å². The molecule has 15 heavy (non-hydrogen) atoms. The molecule has 1 aliphatic heterocycles. The summed E-state index contributed by atoms with van der Waals surface area (Å²) in [7, 11) is 0. The highest BCUT2D eigenvalue weighted by molar-refractivity contribution is 4.72. The van der Waals surface area contributed by atoms with E-state index in [1.165, 1.54) is 45.2 Å². The van der Waals surface area contributed by atoms with Crippen LogP contribution in [0.25, 0.3) is 0 Å². The maximum atomic E-state index is 2.67. The molecule has 0 radical (unpaired) electrons. The van der Waals surface area contributed by atoms with E-state index in [0.717, 1.165) is 12.0 Å². The van der Waals surface area contributed by atoms with Crippen molar-refractivity contribution in [2.75, 3.05) is 13.1 Å². The van der Waals surface area contributed by atoms with Crippen LogP contribution in [0.1, 0.15) is 66.7 Å². The molecule has 1 aliphatic rings. The molecule has 1 fully saturated rings. The van der Waals surface area contributed by atoms with Gasteiger partial charge in [-0.15, -0.1) is 0 Å². The van der Waals surface area contributed by atoms with Gasteiger partial charge in [-0.05, 0) is 51.6 Å². The van der Waals surface area contributed by atoms with Gasteiger partial charge in [0.15, 0.2) is 0 Å². The molecular weight excluding hydrogens is 182 g/mol. The first-order chi connectivity index (χ1) is 7.20. The molecule has 0 aromatic heterocycles. The zero-order valence-electron chi connectivity index (χ0n) is 11.6. The fourth-order valence-corrected chi connectivity index (χ4v) is 2.19. The quantitative estimate of drug-likeness (QED) is 0.672. The molecule has 1 unspecified atom stereocenters. The Morgan fingerprint density at radius 1 is 1.20 bits per heavy atom. The van der Waals surface area contributed by atoms with Crippen LogP contribution in [0.3, 0.4) is 0 Å². The number of hydrogen-bond acceptors (Lipinski definition) is 1. The Morgan fingerprint density at radius 2 is 1.87 bits per heavy atom. The predicted octanol–water partition coefficient (Wildman–Crippen LogP) is 4.32. The summed E-state index contributed by atoms with van der Waals surface area (Å²) in [5, 5.41) is 0. The van der Waals surface area contributed by atoms with E-state index in [1.54, 1.807) is 0 Å². The standard InChI is InChI=1S/C12H25N.C2H6/c1-11(2)7-6-10-13-9-5-4-8-12(13)3;1-2/h11-12H,4-10H2,1-3H3;1-2H3. The minimum absolute atomic E-state index is 0.848. The summed E-state index contributed by atoms with van der Waals surface area (Å²) in [4.78, 5) is 2.67. The van der Waals surface area contributed by atoms with Gasteiger partial charge in [0.25, 0.3) is 0 Å². The van der Waals surface area contributed by atoms with E-state index in [4.69, 9.17) is 0 Å². The second kappa shape index (κ2) is 9.21. The third kappa shape index (κ3) is 6.94. The molecular formula is C14H31N. The van der Waals surface area contributed by atoms with Gasteiger partial charge in [-0.3, -0.25) is 0 Å². The van der Waals surface area contributed by atoms with Gasteiger partial charge in [0, 0.05) is 6.04 Å². The zero-order valence-corrected chi connectivity index (χ0v) is 11.6. The second-order valence-corrected chi connectivity index (χ2v) is 4.92. The lowest BCUT2D eigenvalue weighted by atomic mass is 10.0. The van der Waals surface area contributed by atoms with Crippen molar-refractivity contribution in [3.63, 3.8) is 0 Å². The summed E-state index contributed by atoms with van der Waals surface area (Å²) in [5.41, 5.74) is 0. The highest BCUT2D eigenvalue weighted by Crippen LogP contribution is 2.17. The van der Waals surface area contributed by atoms with Gasteiger partial charge in [-0.25, -0.2) is 0 Å². The number of piperidine rings is 1. The molecule has 1 saturated heterocycles. The lowest BCUT2D eigenvalue weighted by Crippen LogP contribution is -2.38. The highest BCUT2D eigenvalue weighted by Gasteiger charge is 2.16. The van der Waals surface area contributed by atoms with E-state index in [0.29, 0.717) is 0 Å². The third-order valence-corrected chi connectivity index (χ3v) is 3.17. The molecule has 0 saturated carbocycles. The first-order valence-corrected chi connectivity index (χ1v) is 6.94. The van der Waals surface area contributed by atoms with Gasteiger partial charge in [-0.2, -0.15) is 0 Å². The minimum atomic E-state index is 0.848. The van der Waals surface area contributed by atoms with Gasteiger partial charge in [0.05, 0.1) is 0 Å². The predicted molar refractivity (Wildman–Crippen MR) is 70.3 cm³/mol. The number of rotatable bonds is 4. The van der Waals surface area contributed by atoms with Crippen molar-refractivity contribution in [3.05, 3.63) is 0 Å².